The van der Waals surface area contributed by atoms with Gasteiger partial charge in [0.25, 0.3) is 0 Å². The topological polar surface area (TPSA) is 84.1 Å². The zero-order valence-corrected chi connectivity index (χ0v) is 7.70. The van der Waals surface area contributed by atoms with Crippen LogP contribution in [-0.2, 0) is 64.1 Å². The molecule has 0 aromatic rings. The van der Waals surface area contributed by atoms with Crippen molar-refractivity contribution < 1.29 is 69.6 Å². The quantitative estimate of drug-likeness (QED) is 0.272. The van der Waals surface area contributed by atoms with Gasteiger partial charge < -0.3 is 15.2 Å². The summed E-state index contributed by atoms with van der Waals surface area (Å²) in [5.74, 6) is -0.677. The Bertz CT molecular complexity index is 85.0. The van der Waals surface area contributed by atoms with E-state index in [9.17, 15) is 4.79 Å². The molecule has 0 unspecified atom stereocenters. The Kier molecular flexibility index (Phi) is 36.3. The van der Waals surface area contributed by atoms with Crippen molar-refractivity contribution in [2.45, 2.75) is 6.92 Å². The zero-order chi connectivity index (χ0) is 5.70. The third kappa shape index (κ3) is 23.8. The van der Waals surface area contributed by atoms with Crippen molar-refractivity contribution in [3.8, 4) is 0 Å². The molecule has 0 amide bonds. The third-order valence-electron chi connectivity index (χ3n) is 0.193. The van der Waals surface area contributed by atoms with E-state index >= 15 is 0 Å². The van der Waals surface area contributed by atoms with E-state index in [2.05, 4.69) is 9.78 Å². The zero-order valence-electron chi connectivity index (χ0n) is 4.74. The third-order valence-corrected chi connectivity index (χ3v) is 0.193. The van der Waals surface area contributed by atoms with Crippen LogP contribution in [0.2, 0.25) is 0 Å². The molecule has 0 aromatic heterocycles. The van der Waals surface area contributed by atoms with Crippen LogP contribution in [0.1, 0.15) is 6.92 Å². The minimum atomic E-state index is -0.677. The van der Waals surface area contributed by atoms with Crippen molar-refractivity contribution in [1.29, 1.82) is 0 Å². The summed E-state index contributed by atoms with van der Waals surface area (Å²) in [4.78, 5) is 25.8. The average Bonchev–Trinajstić information content (AvgIpc) is 1.61. The number of hydrogen-bond acceptors (Lipinski definition) is 4. The normalized spacial score (nSPS) is 4.90. The van der Waals surface area contributed by atoms with Crippen molar-refractivity contribution in [3.05, 3.63) is 0 Å². The molecule has 0 atom stereocenters. The molecule has 1 radical (unpaired) electrons. The summed E-state index contributed by atoms with van der Waals surface area (Å²) in [7, 11) is 0. The first kappa shape index (κ1) is 22.4. The summed E-state index contributed by atoms with van der Waals surface area (Å²) in [6, 6.07) is 0. The van der Waals surface area contributed by atoms with Crippen LogP contribution in [0.4, 0.5) is 0 Å². The molecule has 10 heavy (non-hydrogen) atoms. The van der Waals surface area contributed by atoms with E-state index in [0.29, 0.717) is 0 Å². The fraction of sp³-hybridized carbons (Fsp3) is 0.333. The van der Waals surface area contributed by atoms with Crippen molar-refractivity contribution in [3.63, 3.8) is 0 Å². The van der Waals surface area contributed by atoms with Crippen molar-refractivity contribution in [2.75, 3.05) is 0 Å². The van der Waals surface area contributed by atoms with Gasteiger partial charge in [-0.1, -0.05) is 0 Å². The fourth-order valence-corrected chi connectivity index (χ4v) is 0.0757. The number of rotatable bonds is 2. The summed E-state index contributed by atoms with van der Waals surface area (Å²) >= 11 is 0. The molecule has 0 aliphatic rings. The summed E-state index contributed by atoms with van der Waals surface area (Å²) in [5, 5.41) is 0. The van der Waals surface area contributed by atoms with Gasteiger partial charge in [0.2, 0.25) is 0 Å². The van der Waals surface area contributed by atoms with Crippen LogP contribution in [0, 0.1) is 0 Å². The van der Waals surface area contributed by atoms with Crippen LogP contribution >= 0.6 is 0 Å². The molecule has 0 fully saturated rings. The number of carbonyl (C=O) groups excluding carboxylic acids is 2. The standard InChI is InChI=1S/C3H3O4.2Ag.H2O/c1-3(5)7-6-2-4;;;/h1H3;;;1H2/q-1;;+1;. The van der Waals surface area contributed by atoms with Crippen LogP contribution in [0.15, 0.2) is 0 Å². The largest absolute Gasteiger partial charge is 1.00 e. The molecule has 69 valence electrons. The van der Waals surface area contributed by atoms with Crippen LogP contribution < -0.4 is 0 Å². The summed E-state index contributed by atoms with van der Waals surface area (Å²) in [6.07, 6.45) is 0. The first-order valence-corrected chi connectivity index (χ1v) is 1.48. The van der Waals surface area contributed by atoms with Crippen LogP contribution in [0.25, 0.3) is 0 Å². The summed E-state index contributed by atoms with van der Waals surface area (Å²) in [6.45, 7) is 2.01. The van der Waals surface area contributed by atoms with Gasteiger partial charge in [0, 0.05) is 29.3 Å². The molecule has 5 nitrogen and oxygen atoms in total. The summed E-state index contributed by atoms with van der Waals surface area (Å²) in [5.41, 5.74) is 0. The van der Waals surface area contributed by atoms with Crippen LogP contribution in [-0.4, -0.2) is 17.9 Å². The maximum Gasteiger partial charge on any atom is 1.00 e. The van der Waals surface area contributed by atoms with Gasteiger partial charge in [-0.3, -0.25) is 4.89 Å². The Hall–Kier alpha value is 0.381. The van der Waals surface area contributed by atoms with Crippen molar-refractivity contribution in [2.24, 2.45) is 0 Å². The van der Waals surface area contributed by atoms with Crippen LogP contribution in [0.5, 0.6) is 0 Å². The molecule has 0 saturated heterocycles. The minimum Gasteiger partial charge on any atom is -0.494 e. The first-order chi connectivity index (χ1) is 3.27. The second-order valence-electron chi connectivity index (χ2n) is 0.742. The first-order valence-electron chi connectivity index (χ1n) is 1.48. The second kappa shape index (κ2) is 16.2. The number of hydrogen-bond donors (Lipinski definition) is 0. The Balaban J connectivity index is -0.0000000600. The maximum atomic E-state index is 9.68. The fourth-order valence-electron chi connectivity index (χ4n) is 0.0757. The molecule has 0 saturated carbocycles. The van der Waals surface area contributed by atoms with Gasteiger partial charge in [0.15, 0.2) is 0 Å². The monoisotopic (exact) mass is 335 g/mol. The Labute approximate surface area is 88.7 Å². The van der Waals surface area contributed by atoms with E-state index in [1.54, 1.807) is 0 Å². The number of carbonyl (C=O) groups is 1. The van der Waals surface area contributed by atoms with Gasteiger partial charge in [-0.2, -0.15) is 0 Å². The van der Waals surface area contributed by atoms with Crippen molar-refractivity contribution >= 4 is 12.4 Å². The van der Waals surface area contributed by atoms with Crippen LogP contribution in [0.3, 0.4) is 0 Å². The van der Waals surface area contributed by atoms with Crippen molar-refractivity contribution in [1.82, 2.24) is 0 Å². The van der Waals surface area contributed by atoms with E-state index in [4.69, 9.17) is 4.79 Å². The summed E-state index contributed by atoms with van der Waals surface area (Å²) < 4.78 is 0. The molecule has 0 aliphatic carbocycles. The minimum absolute atomic E-state index is 0. The van der Waals surface area contributed by atoms with Gasteiger partial charge in [0.05, 0.1) is 0 Å². The van der Waals surface area contributed by atoms with E-state index in [1.165, 1.54) is 0 Å². The molecule has 2 N–H and O–H groups in total. The molecule has 0 aromatic carbocycles. The molecule has 0 bridgehead atoms. The Morgan fingerprint density at radius 2 is 1.90 bits per heavy atom. The molecule has 0 rings (SSSR count). The average molecular weight is 337 g/mol. The SMILES string of the molecule is CC(=O)OO[C-]=O.O.[Ag+].[Ag]. The van der Waals surface area contributed by atoms with Gasteiger partial charge in [-0.05, 0) is 6.47 Å². The van der Waals surface area contributed by atoms with Gasteiger partial charge in [-0.25, -0.2) is 4.79 Å². The Morgan fingerprint density at radius 1 is 1.50 bits per heavy atom. The maximum absolute atomic E-state index is 9.68. The van der Waals surface area contributed by atoms with Gasteiger partial charge >= 0.3 is 28.3 Å². The predicted octanol–water partition coefficient (Wildman–Crippen LogP) is -1.28. The molecule has 0 spiro atoms. The van der Waals surface area contributed by atoms with E-state index in [-0.39, 0.29) is 50.2 Å². The van der Waals surface area contributed by atoms with Gasteiger partial charge in [-0.15, -0.1) is 0 Å². The molecule has 0 heterocycles. The molecular formula is C3H5Ag2O5. The van der Waals surface area contributed by atoms with E-state index in [0.717, 1.165) is 13.4 Å². The van der Waals surface area contributed by atoms with E-state index < -0.39 is 5.97 Å². The smallest absolute Gasteiger partial charge is 0.494 e. The van der Waals surface area contributed by atoms with E-state index in [1.807, 2.05) is 0 Å². The predicted molar refractivity (Wildman–Crippen MR) is 22.2 cm³/mol. The molecule has 7 heteroatoms. The Morgan fingerprint density at radius 3 is 2.00 bits per heavy atom. The van der Waals surface area contributed by atoms with Gasteiger partial charge in [0.1, 0.15) is 0 Å². The second-order valence-corrected chi connectivity index (χ2v) is 0.742. The molecular weight excluding hydrogens is 332 g/mol. The molecule has 0 aliphatic heterocycles.